The van der Waals surface area contributed by atoms with Gasteiger partial charge in [0.05, 0.1) is 27.5 Å². The van der Waals surface area contributed by atoms with Gasteiger partial charge in [0.15, 0.2) is 22.0 Å². The molecule has 0 aliphatic carbocycles. The Morgan fingerprint density at radius 3 is 2.38 bits per heavy atom. The Morgan fingerprint density at radius 2 is 1.62 bits per heavy atom. The second kappa shape index (κ2) is 8.29. The van der Waals surface area contributed by atoms with E-state index in [9.17, 15) is 9.59 Å². The monoisotopic (exact) mass is 453 g/mol. The summed E-state index contributed by atoms with van der Waals surface area (Å²) in [6.07, 6.45) is 2.44. The van der Waals surface area contributed by atoms with Crippen LogP contribution in [0.1, 0.15) is 19.8 Å². The SMILES string of the molecule is CC1CCN(CCNc2cc3oc4ccccc4[nH]c3c3c(=O)c4ccccc4c(=O)c23)CC1. The van der Waals surface area contributed by atoms with Gasteiger partial charge >= 0.3 is 0 Å². The summed E-state index contributed by atoms with van der Waals surface area (Å²) in [5.41, 5.74) is 2.92. The third kappa shape index (κ3) is 3.46. The summed E-state index contributed by atoms with van der Waals surface area (Å²) in [6, 6.07) is 16.5. The Morgan fingerprint density at radius 1 is 0.941 bits per heavy atom. The van der Waals surface area contributed by atoms with E-state index >= 15 is 0 Å². The first kappa shape index (κ1) is 20.9. The molecule has 34 heavy (non-hydrogen) atoms. The molecule has 0 amide bonds. The van der Waals surface area contributed by atoms with Crippen LogP contribution in [0.15, 0.2) is 68.6 Å². The number of likely N-dealkylation sites (tertiary alicyclic amines) is 1. The third-order valence-corrected chi connectivity index (χ3v) is 7.15. The van der Waals surface area contributed by atoms with Crippen LogP contribution in [0.4, 0.5) is 5.69 Å². The molecule has 2 heterocycles. The minimum absolute atomic E-state index is 0.136. The van der Waals surface area contributed by atoms with Crippen LogP contribution in [0.3, 0.4) is 0 Å². The number of hydrogen-bond acceptors (Lipinski definition) is 5. The van der Waals surface area contributed by atoms with Crippen molar-refractivity contribution in [3.8, 4) is 0 Å². The summed E-state index contributed by atoms with van der Waals surface area (Å²) in [7, 11) is 0. The number of para-hydroxylation sites is 2. The Bertz CT molecular complexity index is 1660. The molecule has 6 heteroatoms. The van der Waals surface area contributed by atoms with Gasteiger partial charge in [0.1, 0.15) is 0 Å². The molecule has 0 saturated carbocycles. The fraction of sp³-hybridized carbons (Fsp3) is 0.286. The number of aromatic nitrogens is 1. The molecule has 5 aromatic rings. The van der Waals surface area contributed by atoms with Gasteiger partial charge in [-0.25, -0.2) is 0 Å². The molecular weight excluding hydrogens is 426 g/mol. The summed E-state index contributed by atoms with van der Waals surface area (Å²) in [4.78, 5) is 33.1. The predicted octanol–water partition coefficient (Wildman–Crippen LogP) is 5.08. The smallest absolute Gasteiger partial charge is 0.196 e. The molecular formula is C28H27N3O3. The molecule has 0 atom stereocenters. The maximum absolute atomic E-state index is 13.7. The molecule has 6 nitrogen and oxygen atoms in total. The van der Waals surface area contributed by atoms with E-state index in [4.69, 9.17) is 4.42 Å². The summed E-state index contributed by atoms with van der Waals surface area (Å²) in [6.45, 7) is 6.08. The van der Waals surface area contributed by atoms with Gasteiger partial charge in [0, 0.05) is 29.9 Å². The highest BCUT2D eigenvalue weighted by atomic mass is 16.3. The summed E-state index contributed by atoms with van der Waals surface area (Å²) in [5.74, 6) is 0.785. The van der Waals surface area contributed by atoms with Crippen molar-refractivity contribution in [2.24, 2.45) is 5.92 Å². The van der Waals surface area contributed by atoms with Crippen LogP contribution < -0.4 is 16.2 Å². The standard InChI is InChI=1S/C28H27N3O3/c1-17-10-13-31(14-11-17)15-12-29-21-16-23-26(30-20-8-4-5-9-22(20)34-23)25-24(21)27(32)18-6-2-3-7-19(18)28(25)33/h2-9,16-17,29-30H,10-15H2,1H3. The van der Waals surface area contributed by atoms with Crippen LogP contribution in [0.2, 0.25) is 0 Å². The molecule has 6 rings (SSSR count). The van der Waals surface area contributed by atoms with Crippen molar-refractivity contribution in [3.63, 3.8) is 0 Å². The van der Waals surface area contributed by atoms with E-state index in [1.807, 2.05) is 30.3 Å². The molecule has 0 radical (unpaired) electrons. The van der Waals surface area contributed by atoms with Crippen LogP contribution in [-0.4, -0.2) is 36.1 Å². The van der Waals surface area contributed by atoms with Gasteiger partial charge in [-0.2, -0.15) is 0 Å². The van der Waals surface area contributed by atoms with Crippen molar-refractivity contribution in [1.29, 1.82) is 0 Å². The first-order chi connectivity index (χ1) is 16.6. The van der Waals surface area contributed by atoms with Crippen LogP contribution >= 0.6 is 0 Å². The first-order valence-electron chi connectivity index (χ1n) is 12.0. The fourth-order valence-corrected chi connectivity index (χ4v) is 5.16. The van der Waals surface area contributed by atoms with E-state index in [1.165, 1.54) is 12.8 Å². The van der Waals surface area contributed by atoms with Gasteiger partial charge in [0.2, 0.25) is 0 Å². The number of anilines is 1. The quantitative estimate of drug-likeness (QED) is 0.293. The van der Waals surface area contributed by atoms with E-state index < -0.39 is 0 Å². The van der Waals surface area contributed by atoms with E-state index in [0.717, 1.165) is 31.1 Å². The van der Waals surface area contributed by atoms with Crippen molar-refractivity contribution in [3.05, 3.63) is 75.0 Å². The number of hydrogen-bond donors (Lipinski definition) is 2. The van der Waals surface area contributed by atoms with Crippen molar-refractivity contribution in [1.82, 2.24) is 9.88 Å². The van der Waals surface area contributed by atoms with E-state index in [0.29, 0.717) is 50.5 Å². The number of benzene rings is 4. The van der Waals surface area contributed by atoms with Gasteiger partial charge in [-0.05, 0) is 44.0 Å². The number of rotatable bonds is 4. The predicted molar refractivity (Wildman–Crippen MR) is 139 cm³/mol. The highest BCUT2D eigenvalue weighted by molar-refractivity contribution is 6.14. The number of nitrogens with one attached hydrogen (secondary N) is 2. The molecule has 0 spiro atoms. The lowest BCUT2D eigenvalue weighted by Gasteiger charge is -2.30. The van der Waals surface area contributed by atoms with Gasteiger partial charge in [-0.1, -0.05) is 43.3 Å². The normalized spacial score (nSPS) is 15.6. The van der Waals surface area contributed by atoms with Crippen LogP contribution in [-0.2, 0) is 0 Å². The number of piperidine rings is 1. The zero-order valence-electron chi connectivity index (χ0n) is 19.2. The second-order valence-corrected chi connectivity index (χ2v) is 9.43. The molecule has 1 aliphatic rings. The second-order valence-electron chi connectivity index (χ2n) is 9.43. The summed E-state index contributed by atoms with van der Waals surface area (Å²) >= 11 is 0. The summed E-state index contributed by atoms with van der Waals surface area (Å²) in [5, 5.41) is 5.15. The zero-order chi connectivity index (χ0) is 23.2. The van der Waals surface area contributed by atoms with E-state index in [1.54, 1.807) is 24.3 Å². The van der Waals surface area contributed by atoms with Crippen molar-refractivity contribution >= 4 is 49.4 Å². The lowest BCUT2D eigenvalue weighted by Crippen LogP contribution is -2.36. The number of fused-ring (bicyclic) bond motifs is 5. The molecule has 0 bridgehead atoms. The maximum atomic E-state index is 13.7. The first-order valence-corrected chi connectivity index (χ1v) is 12.0. The molecule has 1 aromatic heterocycles. The zero-order valence-corrected chi connectivity index (χ0v) is 19.2. The molecule has 1 saturated heterocycles. The number of H-pyrrole nitrogens is 1. The Balaban J connectivity index is 1.54. The fourth-order valence-electron chi connectivity index (χ4n) is 5.16. The van der Waals surface area contributed by atoms with E-state index in [-0.39, 0.29) is 10.9 Å². The molecule has 172 valence electrons. The minimum atomic E-state index is -0.161. The topological polar surface area (TPSA) is 78.3 Å². The van der Waals surface area contributed by atoms with Crippen LogP contribution in [0, 0.1) is 5.92 Å². The average Bonchev–Trinajstić information content (AvgIpc) is 2.86. The van der Waals surface area contributed by atoms with Gasteiger partial charge in [-0.15, -0.1) is 0 Å². The molecule has 1 fully saturated rings. The molecule has 0 unspecified atom stereocenters. The van der Waals surface area contributed by atoms with Crippen molar-refractivity contribution < 1.29 is 4.42 Å². The van der Waals surface area contributed by atoms with E-state index in [2.05, 4.69) is 22.1 Å². The Kier molecular flexibility index (Phi) is 5.11. The van der Waals surface area contributed by atoms with Crippen LogP contribution in [0.25, 0.3) is 43.7 Å². The van der Waals surface area contributed by atoms with Gasteiger partial charge in [0.25, 0.3) is 0 Å². The molecule has 4 aromatic carbocycles. The highest BCUT2D eigenvalue weighted by Crippen LogP contribution is 2.31. The van der Waals surface area contributed by atoms with Crippen LogP contribution in [0.5, 0.6) is 0 Å². The highest BCUT2D eigenvalue weighted by Gasteiger charge is 2.20. The Labute approximate surface area is 196 Å². The minimum Gasteiger partial charge on any atom is -0.453 e. The maximum Gasteiger partial charge on any atom is 0.196 e. The lowest BCUT2D eigenvalue weighted by atomic mass is 9.99. The lowest BCUT2D eigenvalue weighted by molar-refractivity contribution is 0.199. The number of nitrogens with zero attached hydrogens (tertiary/aromatic N) is 1. The number of aromatic amines is 1. The largest absolute Gasteiger partial charge is 0.453 e. The molecule has 1 aliphatic heterocycles. The van der Waals surface area contributed by atoms with Crippen molar-refractivity contribution in [2.75, 3.05) is 31.5 Å². The summed E-state index contributed by atoms with van der Waals surface area (Å²) < 4.78 is 6.19. The van der Waals surface area contributed by atoms with Crippen molar-refractivity contribution in [2.45, 2.75) is 19.8 Å². The average molecular weight is 454 g/mol. The third-order valence-electron chi connectivity index (χ3n) is 7.15. The molecule has 2 N–H and O–H groups in total. The van der Waals surface area contributed by atoms with Gasteiger partial charge < -0.3 is 19.6 Å². The Hall–Kier alpha value is -3.64. The van der Waals surface area contributed by atoms with Gasteiger partial charge in [-0.3, -0.25) is 9.59 Å².